The van der Waals surface area contributed by atoms with E-state index in [0.717, 1.165) is 6.07 Å². The lowest BCUT2D eigenvalue weighted by molar-refractivity contribution is -0.136. The second-order valence-corrected chi connectivity index (χ2v) is 5.60. The third kappa shape index (κ3) is 4.52. The van der Waals surface area contributed by atoms with E-state index in [-0.39, 0.29) is 23.5 Å². The van der Waals surface area contributed by atoms with Crippen LogP contribution in [-0.2, 0) is 17.0 Å². The second kappa shape index (κ2) is 6.74. The van der Waals surface area contributed by atoms with Crippen LogP contribution in [0.15, 0.2) is 18.2 Å². The number of benzene rings is 1. The van der Waals surface area contributed by atoms with Gasteiger partial charge in [-0.25, -0.2) is 0 Å². The lowest BCUT2D eigenvalue weighted by Crippen LogP contribution is -2.27. The first-order valence-electron chi connectivity index (χ1n) is 5.73. The topological polar surface area (TPSA) is 58.2 Å². The fourth-order valence-corrected chi connectivity index (χ4v) is 1.94. The van der Waals surface area contributed by atoms with Gasteiger partial charge >= 0.3 is 6.18 Å². The van der Waals surface area contributed by atoms with Crippen molar-refractivity contribution in [3.63, 3.8) is 0 Å². The van der Waals surface area contributed by atoms with Crippen LogP contribution in [0.4, 0.5) is 18.9 Å². The minimum Gasteiger partial charge on any atom is -0.388 e. The first-order valence-corrected chi connectivity index (χ1v) is 7.45. The molecule has 0 aliphatic rings. The first kappa shape index (κ1) is 16.5. The number of halogens is 3. The van der Waals surface area contributed by atoms with Gasteiger partial charge in [-0.15, -0.1) is 0 Å². The quantitative estimate of drug-likeness (QED) is 0.873. The number of carbonyl (C=O) groups is 1. The Morgan fingerprint density at radius 3 is 2.50 bits per heavy atom. The molecule has 1 unspecified atom stereocenters. The van der Waals surface area contributed by atoms with E-state index in [0.29, 0.717) is 0 Å². The van der Waals surface area contributed by atoms with E-state index in [4.69, 9.17) is 0 Å². The molecule has 1 aromatic rings. The maximum Gasteiger partial charge on any atom is 0.418 e. The molecule has 0 saturated carbocycles. The molecule has 0 spiro atoms. The molecule has 4 nitrogen and oxygen atoms in total. The van der Waals surface area contributed by atoms with Gasteiger partial charge in [0.1, 0.15) is 0 Å². The molecule has 0 aliphatic carbocycles. The maximum atomic E-state index is 12.8. The van der Waals surface area contributed by atoms with Gasteiger partial charge in [0.15, 0.2) is 0 Å². The Bertz CT molecular complexity index is 518. The highest BCUT2D eigenvalue weighted by Crippen LogP contribution is 2.35. The molecule has 112 valence electrons. The number of hydrogen-bond donors (Lipinski definition) is 2. The van der Waals surface area contributed by atoms with Gasteiger partial charge in [-0.1, -0.05) is 0 Å². The Kier molecular flexibility index (Phi) is 5.55. The highest BCUT2D eigenvalue weighted by molar-refractivity contribution is 7.84. The summed E-state index contributed by atoms with van der Waals surface area (Å²) in [6.45, 7) is 0.150. The summed E-state index contributed by atoms with van der Waals surface area (Å²) in [6.07, 6.45) is -3.06. The first-order chi connectivity index (χ1) is 9.25. The van der Waals surface area contributed by atoms with Crippen LogP contribution in [0.25, 0.3) is 0 Å². The summed E-state index contributed by atoms with van der Waals surface area (Å²) in [6, 6.07) is 3.30. The predicted molar refractivity (Wildman–Crippen MR) is 72.3 cm³/mol. The number of rotatable bonds is 5. The minimum atomic E-state index is -4.54. The number of hydrogen-bond acceptors (Lipinski definition) is 3. The van der Waals surface area contributed by atoms with Crippen molar-refractivity contribution in [2.75, 3.05) is 30.9 Å². The van der Waals surface area contributed by atoms with Gasteiger partial charge in [0.25, 0.3) is 5.91 Å². The van der Waals surface area contributed by atoms with Crippen molar-refractivity contribution in [1.82, 2.24) is 5.32 Å². The van der Waals surface area contributed by atoms with Crippen LogP contribution in [0.3, 0.4) is 0 Å². The lowest BCUT2D eigenvalue weighted by atomic mass is 10.1. The van der Waals surface area contributed by atoms with Crippen molar-refractivity contribution >= 4 is 22.4 Å². The van der Waals surface area contributed by atoms with Crippen molar-refractivity contribution < 1.29 is 22.2 Å². The second-order valence-electron chi connectivity index (χ2n) is 4.04. The van der Waals surface area contributed by atoms with Crippen LogP contribution >= 0.6 is 0 Å². The van der Waals surface area contributed by atoms with Gasteiger partial charge < -0.3 is 10.6 Å². The predicted octanol–water partition coefficient (Wildman–Crippen LogP) is 1.86. The summed E-state index contributed by atoms with van der Waals surface area (Å²) in [5.41, 5.74) is -1.08. The van der Waals surface area contributed by atoms with Crippen LogP contribution < -0.4 is 10.6 Å². The summed E-state index contributed by atoms with van der Waals surface area (Å²) >= 11 is 0. The average molecular weight is 308 g/mol. The molecule has 0 aromatic heterocycles. The van der Waals surface area contributed by atoms with Crippen molar-refractivity contribution in [2.45, 2.75) is 6.18 Å². The summed E-state index contributed by atoms with van der Waals surface area (Å²) in [5.74, 6) is -0.365. The van der Waals surface area contributed by atoms with Gasteiger partial charge in [-0.05, 0) is 18.2 Å². The SMILES string of the molecule is CNc1ccc(C(=O)NCCS(C)=O)cc1C(F)(F)F. The number of alkyl halides is 3. The van der Waals surface area contributed by atoms with Gasteiger partial charge in [-0.2, -0.15) is 13.2 Å². The normalized spacial score (nSPS) is 12.8. The van der Waals surface area contributed by atoms with Crippen LogP contribution in [0.5, 0.6) is 0 Å². The average Bonchev–Trinajstić information content (AvgIpc) is 2.36. The standard InChI is InChI=1S/C12H15F3N2O2S/c1-16-10-4-3-8(7-9(10)12(13,14)15)11(18)17-5-6-20(2)19/h3-4,7,16H,5-6H2,1-2H3,(H,17,18). The smallest absolute Gasteiger partial charge is 0.388 e. The van der Waals surface area contributed by atoms with E-state index in [1.165, 1.54) is 25.4 Å². The molecule has 1 rings (SSSR count). The third-order valence-electron chi connectivity index (χ3n) is 2.53. The molecule has 1 amide bonds. The van der Waals surface area contributed by atoms with Crippen molar-refractivity contribution in [3.05, 3.63) is 29.3 Å². The number of anilines is 1. The van der Waals surface area contributed by atoms with E-state index >= 15 is 0 Å². The zero-order valence-corrected chi connectivity index (χ0v) is 11.8. The Hall–Kier alpha value is -1.57. The lowest BCUT2D eigenvalue weighted by Gasteiger charge is -2.14. The number of nitrogens with one attached hydrogen (secondary N) is 2. The Morgan fingerprint density at radius 1 is 1.35 bits per heavy atom. The van der Waals surface area contributed by atoms with Gasteiger partial charge in [-0.3, -0.25) is 9.00 Å². The third-order valence-corrected chi connectivity index (χ3v) is 3.31. The van der Waals surface area contributed by atoms with Crippen molar-refractivity contribution in [3.8, 4) is 0 Å². The monoisotopic (exact) mass is 308 g/mol. The van der Waals surface area contributed by atoms with E-state index in [1.54, 1.807) is 0 Å². The molecule has 0 heterocycles. The molecule has 0 bridgehead atoms. The van der Waals surface area contributed by atoms with Crippen LogP contribution in [0.2, 0.25) is 0 Å². The summed E-state index contributed by atoms with van der Waals surface area (Å²) in [7, 11) is 0.309. The van der Waals surface area contributed by atoms with Gasteiger partial charge in [0, 0.05) is 47.7 Å². The molecular weight excluding hydrogens is 293 g/mol. The Labute approximate surface area is 117 Å². The molecule has 0 saturated heterocycles. The molecule has 2 N–H and O–H groups in total. The fraction of sp³-hybridized carbons (Fsp3) is 0.417. The molecule has 0 radical (unpaired) electrons. The highest BCUT2D eigenvalue weighted by atomic mass is 32.2. The fourth-order valence-electron chi connectivity index (χ4n) is 1.55. The van der Waals surface area contributed by atoms with E-state index in [1.807, 2.05) is 0 Å². The Balaban J connectivity index is 2.91. The van der Waals surface area contributed by atoms with Crippen LogP contribution in [0, 0.1) is 0 Å². The zero-order valence-electron chi connectivity index (χ0n) is 11.0. The molecule has 0 aliphatic heterocycles. The molecule has 1 aromatic carbocycles. The molecular formula is C12H15F3N2O2S. The summed E-state index contributed by atoms with van der Waals surface area (Å²) in [4.78, 5) is 11.7. The molecule has 1 atom stereocenters. The van der Waals surface area contributed by atoms with Crippen LogP contribution in [-0.4, -0.2) is 35.7 Å². The van der Waals surface area contributed by atoms with Crippen molar-refractivity contribution in [1.29, 1.82) is 0 Å². The highest BCUT2D eigenvalue weighted by Gasteiger charge is 2.34. The summed E-state index contributed by atoms with van der Waals surface area (Å²) in [5, 5.41) is 4.86. The zero-order chi connectivity index (χ0) is 15.3. The molecule has 8 heteroatoms. The summed E-state index contributed by atoms with van der Waals surface area (Å²) < 4.78 is 49.3. The molecule has 0 fully saturated rings. The van der Waals surface area contributed by atoms with Crippen LogP contribution in [0.1, 0.15) is 15.9 Å². The van der Waals surface area contributed by atoms with Gasteiger partial charge in [0.2, 0.25) is 0 Å². The van der Waals surface area contributed by atoms with E-state index in [9.17, 15) is 22.2 Å². The largest absolute Gasteiger partial charge is 0.418 e. The maximum absolute atomic E-state index is 12.8. The Morgan fingerprint density at radius 2 is 2.00 bits per heavy atom. The minimum absolute atomic E-state index is 0.0850. The van der Waals surface area contributed by atoms with E-state index in [2.05, 4.69) is 10.6 Å². The number of amides is 1. The van der Waals surface area contributed by atoms with E-state index < -0.39 is 28.4 Å². The number of carbonyl (C=O) groups excluding carboxylic acids is 1. The van der Waals surface area contributed by atoms with Crippen molar-refractivity contribution in [2.24, 2.45) is 0 Å². The molecule has 20 heavy (non-hydrogen) atoms. The van der Waals surface area contributed by atoms with Gasteiger partial charge in [0.05, 0.1) is 5.56 Å².